The van der Waals surface area contributed by atoms with Crippen molar-refractivity contribution in [1.29, 1.82) is 0 Å². The highest BCUT2D eigenvalue weighted by Crippen LogP contribution is 2.48. The van der Waals surface area contributed by atoms with Gasteiger partial charge in [0.2, 0.25) is 6.23 Å². The highest BCUT2D eigenvalue weighted by atomic mass is 32.1. The molecule has 1 aromatic heterocycles. The fourth-order valence-electron chi connectivity index (χ4n) is 3.85. The molecule has 0 unspecified atom stereocenters. The Bertz CT molecular complexity index is 1030. The first kappa shape index (κ1) is 17.1. The molecule has 0 bridgehead atoms. The highest BCUT2D eigenvalue weighted by Gasteiger charge is 2.41. The molecule has 3 heterocycles. The minimum atomic E-state index is -0.322. The van der Waals surface area contributed by atoms with Gasteiger partial charge >= 0.3 is 0 Å². The Labute approximate surface area is 167 Å². The Kier molecular flexibility index (Phi) is 4.20. The van der Waals surface area contributed by atoms with E-state index in [1.54, 1.807) is 25.6 Å². The predicted molar refractivity (Wildman–Crippen MR) is 109 cm³/mol. The summed E-state index contributed by atoms with van der Waals surface area (Å²) in [5, 5.41) is 9.14. The van der Waals surface area contributed by atoms with Crippen LogP contribution in [0, 0.1) is 0 Å². The van der Waals surface area contributed by atoms with Crippen LogP contribution in [0.4, 0.5) is 0 Å². The largest absolute Gasteiger partial charge is 0.493 e. The summed E-state index contributed by atoms with van der Waals surface area (Å²) in [6.07, 6.45) is 0.544. The van der Waals surface area contributed by atoms with Crippen LogP contribution in [-0.4, -0.2) is 24.9 Å². The summed E-state index contributed by atoms with van der Waals surface area (Å²) in [5.74, 6) is 2.29. The Morgan fingerprint density at radius 2 is 1.89 bits per heavy atom. The van der Waals surface area contributed by atoms with Crippen LogP contribution in [0.2, 0.25) is 0 Å². The Morgan fingerprint density at radius 1 is 1.04 bits per heavy atom. The van der Waals surface area contributed by atoms with Crippen molar-refractivity contribution in [3.63, 3.8) is 0 Å². The van der Waals surface area contributed by atoms with Crippen molar-refractivity contribution in [3.8, 4) is 17.2 Å². The Hall–Kier alpha value is -2.99. The maximum absolute atomic E-state index is 6.40. The molecule has 5 nitrogen and oxygen atoms in total. The molecule has 0 spiro atoms. The zero-order valence-electron chi connectivity index (χ0n) is 15.7. The van der Waals surface area contributed by atoms with E-state index in [9.17, 15) is 0 Å². The van der Waals surface area contributed by atoms with Gasteiger partial charge in [-0.25, -0.2) is 5.01 Å². The molecule has 0 fully saturated rings. The normalized spacial score (nSPS) is 20.1. The number of rotatable bonds is 4. The summed E-state index contributed by atoms with van der Waals surface area (Å²) in [6, 6.07) is 18.5. The lowest BCUT2D eigenvalue weighted by molar-refractivity contribution is -0.0191. The molecule has 0 saturated carbocycles. The third-order valence-corrected chi connectivity index (χ3v) is 6.12. The van der Waals surface area contributed by atoms with Gasteiger partial charge in [0.1, 0.15) is 5.75 Å². The summed E-state index contributed by atoms with van der Waals surface area (Å²) in [4.78, 5) is 1.21. The van der Waals surface area contributed by atoms with E-state index in [4.69, 9.17) is 19.3 Å². The molecule has 2 atom stereocenters. The Balaban J connectivity index is 1.59. The molecule has 2 aliphatic heterocycles. The number of hydrogen-bond donors (Lipinski definition) is 0. The van der Waals surface area contributed by atoms with Gasteiger partial charge in [-0.3, -0.25) is 0 Å². The van der Waals surface area contributed by atoms with Crippen LogP contribution in [-0.2, 0) is 0 Å². The second-order valence-electron chi connectivity index (χ2n) is 6.75. The van der Waals surface area contributed by atoms with Crippen molar-refractivity contribution in [2.75, 3.05) is 14.2 Å². The molecule has 28 heavy (non-hydrogen) atoms. The molecule has 0 N–H and O–H groups in total. The van der Waals surface area contributed by atoms with Gasteiger partial charge in [-0.15, -0.1) is 11.3 Å². The maximum atomic E-state index is 6.40. The van der Waals surface area contributed by atoms with Gasteiger partial charge in [0, 0.05) is 17.5 Å². The van der Waals surface area contributed by atoms with Crippen LogP contribution in [0.25, 0.3) is 0 Å². The summed E-state index contributed by atoms with van der Waals surface area (Å²) < 4.78 is 17.3. The van der Waals surface area contributed by atoms with Gasteiger partial charge in [0.15, 0.2) is 11.5 Å². The summed E-state index contributed by atoms with van der Waals surface area (Å²) in [7, 11) is 3.28. The lowest BCUT2D eigenvalue weighted by Gasteiger charge is -2.38. The van der Waals surface area contributed by atoms with E-state index in [2.05, 4.69) is 34.7 Å². The molecule has 142 valence electrons. The van der Waals surface area contributed by atoms with Gasteiger partial charge in [-0.05, 0) is 35.7 Å². The van der Waals surface area contributed by atoms with Crippen LogP contribution >= 0.6 is 11.3 Å². The quantitative estimate of drug-likeness (QED) is 0.626. The first-order valence-electron chi connectivity index (χ1n) is 9.15. The third-order valence-electron chi connectivity index (χ3n) is 5.20. The van der Waals surface area contributed by atoms with Gasteiger partial charge in [0.05, 0.1) is 30.9 Å². The van der Waals surface area contributed by atoms with Crippen molar-refractivity contribution < 1.29 is 14.2 Å². The van der Waals surface area contributed by atoms with E-state index in [0.29, 0.717) is 11.5 Å². The SMILES string of the molecule is COc1ccc([C@@H]2Oc3ccccc3[C@@H]3CC(c4cccs4)=NN32)cc1OC. The van der Waals surface area contributed by atoms with Gasteiger partial charge < -0.3 is 14.2 Å². The second kappa shape index (κ2) is 6.87. The third kappa shape index (κ3) is 2.72. The fourth-order valence-corrected chi connectivity index (χ4v) is 4.57. The standard InChI is InChI=1S/C22H20N2O3S/c1-25-19-10-9-14(12-20(19)26-2)22-24-17(15-6-3-4-7-18(15)27-22)13-16(23-24)21-8-5-11-28-21/h3-12,17,22H,13H2,1-2H3/t17-,22-/m0/s1. The van der Waals surface area contributed by atoms with E-state index >= 15 is 0 Å². The molecule has 3 aromatic rings. The second-order valence-corrected chi connectivity index (χ2v) is 7.69. The molecule has 0 aliphatic carbocycles. The monoisotopic (exact) mass is 392 g/mol. The van der Waals surface area contributed by atoms with Crippen molar-refractivity contribution in [1.82, 2.24) is 5.01 Å². The van der Waals surface area contributed by atoms with Crippen LogP contribution in [0.1, 0.15) is 34.7 Å². The number of hydrogen-bond acceptors (Lipinski definition) is 6. The number of nitrogens with zero attached hydrogens (tertiary/aromatic N) is 2. The number of ether oxygens (including phenoxy) is 3. The molecule has 2 aromatic carbocycles. The molecule has 0 amide bonds. The maximum Gasteiger partial charge on any atom is 0.214 e. The lowest BCUT2D eigenvalue weighted by Crippen LogP contribution is -2.33. The van der Waals surface area contributed by atoms with Gasteiger partial charge in [-0.2, -0.15) is 5.10 Å². The predicted octanol–water partition coefficient (Wildman–Crippen LogP) is 5.01. The summed E-state index contributed by atoms with van der Waals surface area (Å²) in [5.41, 5.74) is 3.26. The number of hydrazone groups is 1. The lowest BCUT2D eigenvalue weighted by atomic mass is 9.97. The molecule has 0 radical (unpaired) electrons. The van der Waals surface area contributed by atoms with Crippen molar-refractivity contribution in [2.24, 2.45) is 5.10 Å². The number of methoxy groups -OCH3 is 2. The van der Waals surface area contributed by atoms with E-state index < -0.39 is 0 Å². The highest BCUT2D eigenvalue weighted by molar-refractivity contribution is 7.12. The molecular formula is C22H20N2O3S. The van der Waals surface area contributed by atoms with Crippen LogP contribution in [0.5, 0.6) is 17.2 Å². The summed E-state index contributed by atoms with van der Waals surface area (Å²) in [6.45, 7) is 0. The molecule has 2 aliphatic rings. The van der Waals surface area contributed by atoms with Gasteiger partial charge in [0.25, 0.3) is 0 Å². The van der Waals surface area contributed by atoms with Crippen LogP contribution < -0.4 is 14.2 Å². The molecule has 0 saturated heterocycles. The zero-order valence-corrected chi connectivity index (χ0v) is 16.5. The fraction of sp³-hybridized carbons (Fsp3) is 0.227. The molecule has 5 rings (SSSR count). The first-order chi connectivity index (χ1) is 13.8. The van der Waals surface area contributed by atoms with Crippen molar-refractivity contribution in [3.05, 3.63) is 76.0 Å². The number of thiophene rings is 1. The van der Waals surface area contributed by atoms with E-state index in [1.165, 1.54) is 10.4 Å². The van der Waals surface area contributed by atoms with E-state index in [-0.39, 0.29) is 12.3 Å². The minimum absolute atomic E-state index is 0.153. The van der Waals surface area contributed by atoms with E-state index in [1.807, 2.05) is 30.3 Å². The minimum Gasteiger partial charge on any atom is -0.493 e. The Morgan fingerprint density at radius 3 is 2.68 bits per heavy atom. The smallest absolute Gasteiger partial charge is 0.214 e. The van der Waals surface area contributed by atoms with Crippen LogP contribution in [0.15, 0.2) is 65.1 Å². The van der Waals surface area contributed by atoms with Crippen LogP contribution in [0.3, 0.4) is 0 Å². The first-order valence-corrected chi connectivity index (χ1v) is 10.0. The van der Waals surface area contributed by atoms with Gasteiger partial charge in [-0.1, -0.05) is 24.3 Å². The number of benzene rings is 2. The van der Waals surface area contributed by atoms with Crippen molar-refractivity contribution >= 4 is 17.0 Å². The molecular weight excluding hydrogens is 372 g/mol. The number of fused-ring (bicyclic) bond motifs is 3. The topological polar surface area (TPSA) is 43.3 Å². The van der Waals surface area contributed by atoms with E-state index in [0.717, 1.165) is 23.4 Å². The average molecular weight is 392 g/mol. The average Bonchev–Trinajstić information content (AvgIpc) is 3.42. The number of para-hydroxylation sites is 1. The van der Waals surface area contributed by atoms with Crippen molar-refractivity contribution in [2.45, 2.75) is 18.7 Å². The molecule has 6 heteroatoms. The summed E-state index contributed by atoms with van der Waals surface area (Å²) >= 11 is 1.72. The zero-order chi connectivity index (χ0) is 19.1.